The van der Waals surface area contributed by atoms with E-state index < -0.39 is 0 Å². The Bertz CT molecular complexity index is 584. The van der Waals surface area contributed by atoms with Gasteiger partial charge in [-0.25, -0.2) is 9.97 Å². The molecule has 0 aliphatic heterocycles. The highest BCUT2D eigenvalue weighted by molar-refractivity contribution is 7.18. The minimum absolute atomic E-state index is 0.383. The number of nitrogens with zero attached hydrogens (tertiary/aromatic N) is 2. The van der Waals surface area contributed by atoms with Crippen molar-refractivity contribution in [2.24, 2.45) is 5.73 Å². The molecule has 3 N–H and O–H groups in total. The normalized spacial score (nSPS) is 23.7. The quantitative estimate of drug-likeness (QED) is 0.885. The molecule has 4 nitrogen and oxygen atoms in total. The van der Waals surface area contributed by atoms with Gasteiger partial charge in [0, 0.05) is 17.0 Å². The predicted molar refractivity (Wildman–Crippen MR) is 80.7 cm³/mol. The van der Waals surface area contributed by atoms with Gasteiger partial charge >= 0.3 is 0 Å². The fourth-order valence-electron chi connectivity index (χ4n) is 2.75. The molecule has 0 radical (unpaired) electrons. The Morgan fingerprint density at radius 3 is 2.68 bits per heavy atom. The number of hydrogen-bond donors (Lipinski definition) is 2. The minimum Gasteiger partial charge on any atom is -0.367 e. The van der Waals surface area contributed by atoms with E-state index in [2.05, 4.69) is 29.1 Å². The highest BCUT2D eigenvalue weighted by atomic mass is 32.1. The summed E-state index contributed by atoms with van der Waals surface area (Å²) in [7, 11) is 0. The van der Waals surface area contributed by atoms with E-state index >= 15 is 0 Å². The summed E-state index contributed by atoms with van der Waals surface area (Å²) in [5, 5.41) is 4.79. The van der Waals surface area contributed by atoms with Gasteiger partial charge in [0.05, 0.1) is 5.39 Å². The van der Waals surface area contributed by atoms with Crippen molar-refractivity contribution in [3.63, 3.8) is 0 Å². The Morgan fingerprint density at radius 1 is 1.21 bits per heavy atom. The summed E-state index contributed by atoms with van der Waals surface area (Å²) in [6.07, 6.45) is 6.14. The van der Waals surface area contributed by atoms with Crippen LogP contribution < -0.4 is 11.1 Å². The number of nitrogens with one attached hydrogen (secondary N) is 1. The zero-order valence-corrected chi connectivity index (χ0v) is 12.3. The van der Waals surface area contributed by atoms with Gasteiger partial charge in [-0.15, -0.1) is 11.3 Å². The van der Waals surface area contributed by atoms with Crippen molar-refractivity contribution >= 4 is 27.4 Å². The molecule has 0 bridgehead atoms. The number of anilines is 1. The number of fused-ring (bicyclic) bond motifs is 1. The number of aryl methyl sites for hydroxylation is 2. The summed E-state index contributed by atoms with van der Waals surface area (Å²) >= 11 is 1.74. The van der Waals surface area contributed by atoms with Crippen molar-refractivity contribution in [3.05, 3.63) is 16.8 Å². The SMILES string of the molecule is Cc1sc2ncnc(NC3CCC(N)CC3)c2c1C. The predicted octanol–water partition coefficient (Wildman–Crippen LogP) is 2.99. The van der Waals surface area contributed by atoms with E-state index in [1.54, 1.807) is 17.7 Å². The van der Waals surface area contributed by atoms with Crippen LogP contribution in [0.3, 0.4) is 0 Å². The lowest BCUT2D eigenvalue weighted by Crippen LogP contribution is -2.33. The van der Waals surface area contributed by atoms with Crippen LogP contribution in [0.1, 0.15) is 36.1 Å². The topological polar surface area (TPSA) is 63.8 Å². The van der Waals surface area contributed by atoms with E-state index in [9.17, 15) is 0 Å². The first-order valence-electron chi connectivity index (χ1n) is 6.88. The molecular formula is C14H20N4S. The van der Waals surface area contributed by atoms with E-state index in [4.69, 9.17) is 5.73 Å². The van der Waals surface area contributed by atoms with E-state index in [-0.39, 0.29) is 0 Å². The lowest BCUT2D eigenvalue weighted by Gasteiger charge is -2.27. The lowest BCUT2D eigenvalue weighted by molar-refractivity contribution is 0.410. The van der Waals surface area contributed by atoms with Gasteiger partial charge in [0.25, 0.3) is 0 Å². The monoisotopic (exact) mass is 276 g/mol. The van der Waals surface area contributed by atoms with E-state index in [1.165, 1.54) is 15.8 Å². The fourth-order valence-corrected chi connectivity index (χ4v) is 3.75. The van der Waals surface area contributed by atoms with E-state index in [1.807, 2.05) is 0 Å². The number of aromatic nitrogens is 2. The molecule has 0 unspecified atom stereocenters. The van der Waals surface area contributed by atoms with Crippen molar-refractivity contribution in [2.75, 3.05) is 5.32 Å². The summed E-state index contributed by atoms with van der Waals surface area (Å²) in [6, 6.07) is 0.881. The van der Waals surface area contributed by atoms with Crippen LogP contribution in [0.4, 0.5) is 5.82 Å². The molecule has 5 heteroatoms. The number of thiophene rings is 1. The zero-order chi connectivity index (χ0) is 13.4. The molecule has 19 heavy (non-hydrogen) atoms. The molecular weight excluding hydrogens is 256 g/mol. The van der Waals surface area contributed by atoms with Gasteiger partial charge in [0.1, 0.15) is 17.0 Å². The smallest absolute Gasteiger partial charge is 0.138 e. The summed E-state index contributed by atoms with van der Waals surface area (Å²) in [6.45, 7) is 4.30. The Morgan fingerprint density at radius 2 is 1.95 bits per heavy atom. The molecule has 0 amide bonds. The molecule has 0 saturated heterocycles. The molecule has 3 rings (SSSR count). The fraction of sp³-hybridized carbons (Fsp3) is 0.571. The first-order valence-corrected chi connectivity index (χ1v) is 7.69. The van der Waals surface area contributed by atoms with Crippen molar-refractivity contribution in [1.82, 2.24) is 9.97 Å². The molecule has 1 aliphatic rings. The van der Waals surface area contributed by atoms with Crippen molar-refractivity contribution in [3.8, 4) is 0 Å². The maximum absolute atomic E-state index is 5.96. The molecule has 2 heterocycles. The molecule has 0 spiro atoms. The highest BCUT2D eigenvalue weighted by Crippen LogP contribution is 2.33. The third-order valence-corrected chi connectivity index (χ3v) is 5.19. The van der Waals surface area contributed by atoms with E-state index in [0.717, 1.165) is 36.3 Å². The Kier molecular flexibility index (Phi) is 3.41. The molecule has 1 fully saturated rings. The summed E-state index contributed by atoms with van der Waals surface area (Å²) < 4.78 is 0. The standard InChI is InChI=1S/C14H20N4S/c1-8-9(2)19-14-12(8)13(16-7-17-14)18-11-5-3-10(15)4-6-11/h7,10-11H,3-6,15H2,1-2H3,(H,16,17,18). The second-order valence-electron chi connectivity index (χ2n) is 5.44. The van der Waals surface area contributed by atoms with Crippen molar-refractivity contribution < 1.29 is 0 Å². The number of hydrogen-bond acceptors (Lipinski definition) is 5. The Labute approximate surface area is 117 Å². The molecule has 0 aromatic carbocycles. The van der Waals surface area contributed by atoms with Crippen LogP contribution in [0.25, 0.3) is 10.2 Å². The Hall–Kier alpha value is -1.20. The first kappa shape index (κ1) is 12.8. The van der Waals surface area contributed by atoms with Crippen molar-refractivity contribution in [2.45, 2.75) is 51.6 Å². The third-order valence-electron chi connectivity index (χ3n) is 4.08. The lowest BCUT2D eigenvalue weighted by atomic mass is 9.92. The van der Waals surface area contributed by atoms with E-state index in [0.29, 0.717) is 12.1 Å². The van der Waals surface area contributed by atoms with Crippen LogP contribution in [0.2, 0.25) is 0 Å². The second-order valence-corrected chi connectivity index (χ2v) is 6.64. The van der Waals surface area contributed by atoms with Crippen molar-refractivity contribution in [1.29, 1.82) is 0 Å². The van der Waals surface area contributed by atoms with Crippen LogP contribution in [0.5, 0.6) is 0 Å². The summed E-state index contributed by atoms with van der Waals surface area (Å²) in [5.41, 5.74) is 7.26. The van der Waals surface area contributed by atoms with Crippen LogP contribution in [0.15, 0.2) is 6.33 Å². The highest BCUT2D eigenvalue weighted by Gasteiger charge is 2.20. The van der Waals surface area contributed by atoms with Gasteiger partial charge < -0.3 is 11.1 Å². The minimum atomic E-state index is 0.383. The van der Waals surface area contributed by atoms with Gasteiger partial charge in [-0.05, 0) is 45.1 Å². The van der Waals surface area contributed by atoms with Crippen LogP contribution in [-0.2, 0) is 0 Å². The summed E-state index contributed by atoms with van der Waals surface area (Å²) in [4.78, 5) is 11.2. The maximum atomic E-state index is 5.96. The molecule has 102 valence electrons. The molecule has 0 atom stereocenters. The van der Waals surface area contributed by atoms with Crippen LogP contribution in [0, 0.1) is 13.8 Å². The maximum Gasteiger partial charge on any atom is 0.138 e. The average molecular weight is 276 g/mol. The number of rotatable bonds is 2. The second kappa shape index (κ2) is 5.06. The van der Waals surface area contributed by atoms with Gasteiger partial charge in [-0.2, -0.15) is 0 Å². The van der Waals surface area contributed by atoms with Crippen LogP contribution in [-0.4, -0.2) is 22.1 Å². The average Bonchev–Trinajstić information content (AvgIpc) is 2.69. The van der Waals surface area contributed by atoms with Gasteiger partial charge in [0.15, 0.2) is 0 Å². The van der Waals surface area contributed by atoms with Gasteiger partial charge in [-0.3, -0.25) is 0 Å². The first-order chi connectivity index (χ1) is 9.15. The molecule has 2 aromatic rings. The Balaban J connectivity index is 1.88. The number of nitrogens with two attached hydrogens (primary N) is 1. The molecule has 1 aliphatic carbocycles. The molecule has 2 aromatic heterocycles. The van der Waals surface area contributed by atoms with Gasteiger partial charge in [-0.1, -0.05) is 0 Å². The van der Waals surface area contributed by atoms with Gasteiger partial charge in [0.2, 0.25) is 0 Å². The van der Waals surface area contributed by atoms with Crippen LogP contribution >= 0.6 is 11.3 Å². The summed E-state index contributed by atoms with van der Waals surface area (Å²) in [5.74, 6) is 0.993. The largest absolute Gasteiger partial charge is 0.367 e. The molecule has 1 saturated carbocycles. The third kappa shape index (κ3) is 2.44. The zero-order valence-electron chi connectivity index (χ0n) is 11.4.